The van der Waals surface area contributed by atoms with Gasteiger partial charge < -0.3 is 4.90 Å². The molecule has 0 radical (unpaired) electrons. The summed E-state index contributed by atoms with van der Waals surface area (Å²) in [6, 6.07) is 23.9. The van der Waals surface area contributed by atoms with Crippen LogP contribution in [0.15, 0.2) is 121 Å². The average Bonchev–Trinajstić information content (AvgIpc) is 3.04. The molecule has 2 aromatic heterocycles. The number of halogens is 7. The van der Waals surface area contributed by atoms with Crippen molar-refractivity contribution in [2.24, 2.45) is 0 Å². The number of benzene rings is 5. The molecule has 0 saturated heterocycles. The molecule has 0 aliphatic heterocycles. The second-order valence-electron chi connectivity index (χ2n) is 10.9. The van der Waals surface area contributed by atoms with E-state index in [1.165, 1.54) is 48.7 Å². The summed E-state index contributed by atoms with van der Waals surface area (Å²) in [6.07, 6.45) is 1.43. The highest BCUT2D eigenvalue weighted by molar-refractivity contribution is 6.03. The van der Waals surface area contributed by atoms with E-state index in [1.807, 2.05) is 0 Å². The molecule has 0 N–H and O–H groups in total. The van der Waals surface area contributed by atoms with Crippen molar-refractivity contribution in [3.8, 4) is 33.5 Å². The molecule has 0 saturated carbocycles. The van der Waals surface area contributed by atoms with Gasteiger partial charge in [0.1, 0.15) is 46.2 Å². The standard InChI is InChI=1S/C38H20F7N3/c39-24-5-7-31(8-6-24)48(35-4-2-1-3-32(35)21-11-25(40)17-26(41)12-21)36-9-10-46-37-33(22-13-27(42)18-28(43)14-22)20-34(47-38(36)37)23-15-29(44)19-30(45)16-23/h1-20H. The summed E-state index contributed by atoms with van der Waals surface area (Å²) in [6.45, 7) is 0. The molecule has 0 aliphatic rings. The number of hydrogen-bond donors (Lipinski definition) is 0. The molecule has 0 fully saturated rings. The predicted molar refractivity (Wildman–Crippen MR) is 170 cm³/mol. The number of nitrogens with zero attached hydrogens (tertiary/aromatic N) is 3. The van der Waals surface area contributed by atoms with E-state index in [0.717, 1.165) is 30.3 Å². The molecule has 0 spiro atoms. The third-order valence-corrected chi connectivity index (χ3v) is 7.65. The Balaban J connectivity index is 1.57. The first kappa shape index (κ1) is 30.6. The third-order valence-electron chi connectivity index (χ3n) is 7.65. The molecular weight excluding hydrogens is 631 g/mol. The number of hydrogen-bond acceptors (Lipinski definition) is 3. The highest BCUT2D eigenvalue weighted by atomic mass is 19.2. The Bertz CT molecular complexity index is 2280. The van der Waals surface area contributed by atoms with Crippen LogP contribution in [0.1, 0.15) is 0 Å². The van der Waals surface area contributed by atoms with Crippen LogP contribution in [0.2, 0.25) is 0 Å². The van der Waals surface area contributed by atoms with E-state index in [0.29, 0.717) is 34.8 Å². The van der Waals surface area contributed by atoms with E-state index in [1.54, 1.807) is 35.2 Å². The molecule has 10 heteroatoms. The molecule has 0 unspecified atom stereocenters. The van der Waals surface area contributed by atoms with Crippen molar-refractivity contribution in [2.75, 3.05) is 4.90 Å². The van der Waals surface area contributed by atoms with Gasteiger partial charge in [-0.25, -0.2) is 35.7 Å². The molecule has 0 amide bonds. The summed E-state index contributed by atoms with van der Waals surface area (Å²) in [4.78, 5) is 10.9. The van der Waals surface area contributed by atoms with E-state index in [4.69, 9.17) is 4.98 Å². The van der Waals surface area contributed by atoms with Gasteiger partial charge in [-0.2, -0.15) is 0 Å². The number of aromatic nitrogens is 2. The van der Waals surface area contributed by atoms with Crippen molar-refractivity contribution in [3.05, 3.63) is 162 Å². The van der Waals surface area contributed by atoms with Gasteiger partial charge >= 0.3 is 0 Å². The van der Waals surface area contributed by atoms with Crippen molar-refractivity contribution in [2.45, 2.75) is 0 Å². The molecule has 0 bridgehead atoms. The topological polar surface area (TPSA) is 29.0 Å². The third kappa shape index (κ3) is 5.95. The van der Waals surface area contributed by atoms with Gasteiger partial charge in [-0.15, -0.1) is 0 Å². The molecule has 7 rings (SSSR count). The Morgan fingerprint density at radius 3 is 1.52 bits per heavy atom. The zero-order valence-electron chi connectivity index (χ0n) is 24.5. The SMILES string of the molecule is Fc1ccc(N(c2ccccc2-c2cc(F)cc(F)c2)c2ccnc3c(-c4cc(F)cc(F)c4)cc(-c4cc(F)cc(F)c4)nc23)cc1. The lowest BCUT2D eigenvalue weighted by atomic mass is 9.99. The average molecular weight is 652 g/mol. The minimum atomic E-state index is -0.874. The molecule has 0 aliphatic carbocycles. The number of fused-ring (bicyclic) bond motifs is 1. The van der Waals surface area contributed by atoms with E-state index < -0.39 is 40.7 Å². The summed E-state index contributed by atoms with van der Waals surface area (Å²) in [5.41, 5.74) is 2.33. The van der Waals surface area contributed by atoms with Crippen LogP contribution in [0.4, 0.5) is 47.8 Å². The van der Waals surface area contributed by atoms with Gasteiger partial charge in [0.05, 0.1) is 22.6 Å². The van der Waals surface area contributed by atoms with Gasteiger partial charge in [-0.3, -0.25) is 4.98 Å². The number of pyridine rings is 2. The Hall–Kier alpha value is -6.03. The van der Waals surface area contributed by atoms with Crippen LogP contribution < -0.4 is 4.90 Å². The van der Waals surface area contributed by atoms with Gasteiger partial charge in [0.15, 0.2) is 0 Å². The van der Waals surface area contributed by atoms with Crippen molar-refractivity contribution < 1.29 is 30.7 Å². The lowest BCUT2D eigenvalue weighted by Gasteiger charge is -2.28. The van der Waals surface area contributed by atoms with E-state index in [-0.39, 0.29) is 39.0 Å². The number of para-hydroxylation sites is 1. The highest BCUT2D eigenvalue weighted by Crippen LogP contribution is 2.44. The molecule has 7 aromatic rings. The second-order valence-corrected chi connectivity index (χ2v) is 10.9. The first-order valence-electron chi connectivity index (χ1n) is 14.5. The summed E-state index contributed by atoms with van der Waals surface area (Å²) in [7, 11) is 0. The molecule has 2 heterocycles. The fourth-order valence-electron chi connectivity index (χ4n) is 5.69. The number of anilines is 3. The molecule has 3 nitrogen and oxygen atoms in total. The Kier molecular flexibility index (Phi) is 7.84. The van der Waals surface area contributed by atoms with E-state index in [2.05, 4.69) is 4.98 Å². The van der Waals surface area contributed by atoms with Crippen LogP contribution in [-0.2, 0) is 0 Å². The first-order chi connectivity index (χ1) is 23.1. The maximum absolute atomic E-state index is 14.5. The Labute approximate surface area is 269 Å². The van der Waals surface area contributed by atoms with Crippen LogP contribution in [0.5, 0.6) is 0 Å². The maximum Gasteiger partial charge on any atom is 0.126 e. The first-order valence-corrected chi connectivity index (χ1v) is 14.5. The second kappa shape index (κ2) is 12.3. The van der Waals surface area contributed by atoms with Gasteiger partial charge in [-0.05, 0) is 90.0 Å². The Morgan fingerprint density at radius 2 is 0.938 bits per heavy atom. The van der Waals surface area contributed by atoms with E-state index in [9.17, 15) is 30.7 Å². The summed E-state index contributed by atoms with van der Waals surface area (Å²) in [5.74, 6) is -5.61. The molecule has 0 atom stereocenters. The maximum atomic E-state index is 14.5. The van der Waals surface area contributed by atoms with Crippen LogP contribution in [0, 0.1) is 40.7 Å². The van der Waals surface area contributed by atoms with Crippen LogP contribution in [0.3, 0.4) is 0 Å². The highest BCUT2D eigenvalue weighted by Gasteiger charge is 2.23. The predicted octanol–water partition coefficient (Wildman–Crippen LogP) is 11.1. The lowest BCUT2D eigenvalue weighted by Crippen LogP contribution is -2.13. The van der Waals surface area contributed by atoms with Gasteiger partial charge in [0, 0.05) is 46.8 Å². The fourth-order valence-corrected chi connectivity index (χ4v) is 5.69. The van der Waals surface area contributed by atoms with Gasteiger partial charge in [-0.1, -0.05) is 18.2 Å². The molecular formula is C38H20F7N3. The summed E-state index contributed by atoms with van der Waals surface area (Å²) >= 11 is 0. The van der Waals surface area contributed by atoms with Crippen molar-refractivity contribution in [1.82, 2.24) is 9.97 Å². The van der Waals surface area contributed by atoms with Crippen molar-refractivity contribution >= 4 is 28.1 Å². The molecule has 236 valence electrons. The fraction of sp³-hybridized carbons (Fsp3) is 0. The van der Waals surface area contributed by atoms with Crippen molar-refractivity contribution in [1.29, 1.82) is 0 Å². The lowest BCUT2D eigenvalue weighted by molar-refractivity contribution is 0.583. The van der Waals surface area contributed by atoms with Gasteiger partial charge in [0.2, 0.25) is 0 Å². The van der Waals surface area contributed by atoms with Crippen molar-refractivity contribution in [3.63, 3.8) is 0 Å². The normalized spacial score (nSPS) is 11.2. The number of rotatable bonds is 6. The summed E-state index contributed by atoms with van der Waals surface area (Å²) < 4.78 is 101. The zero-order chi connectivity index (χ0) is 33.5. The largest absolute Gasteiger partial charge is 0.308 e. The quantitative estimate of drug-likeness (QED) is 0.168. The Morgan fingerprint density at radius 1 is 0.417 bits per heavy atom. The van der Waals surface area contributed by atoms with Gasteiger partial charge in [0.25, 0.3) is 0 Å². The molecule has 48 heavy (non-hydrogen) atoms. The zero-order valence-corrected chi connectivity index (χ0v) is 24.5. The smallest absolute Gasteiger partial charge is 0.126 e. The monoisotopic (exact) mass is 651 g/mol. The minimum absolute atomic E-state index is 0.0336. The van der Waals surface area contributed by atoms with Crippen LogP contribution >= 0.6 is 0 Å². The van der Waals surface area contributed by atoms with Crippen LogP contribution in [-0.4, -0.2) is 9.97 Å². The van der Waals surface area contributed by atoms with E-state index >= 15 is 0 Å². The van der Waals surface area contributed by atoms with Crippen LogP contribution in [0.25, 0.3) is 44.5 Å². The summed E-state index contributed by atoms with van der Waals surface area (Å²) in [5, 5.41) is 0. The minimum Gasteiger partial charge on any atom is -0.308 e. The molecule has 5 aromatic carbocycles.